The molecule has 6 heteroatoms. The average Bonchev–Trinajstić information content (AvgIpc) is 3.04. The van der Waals surface area contributed by atoms with Crippen molar-refractivity contribution in [1.82, 2.24) is 4.98 Å². The molecular weight excluding hydrogens is 356 g/mol. The number of hydrogen-bond donors (Lipinski definition) is 1. The Hall–Kier alpha value is -2.63. The molecule has 0 unspecified atom stereocenters. The third-order valence-corrected chi connectivity index (χ3v) is 4.97. The van der Waals surface area contributed by atoms with Crippen LogP contribution in [-0.4, -0.2) is 17.5 Å². The Kier molecular flexibility index (Phi) is 4.26. The molecule has 1 heterocycles. The lowest BCUT2D eigenvalue weighted by Crippen LogP contribution is -2.20. The van der Waals surface area contributed by atoms with Gasteiger partial charge in [-0.1, -0.05) is 65.4 Å². The molecule has 124 valence electrons. The lowest BCUT2D eigenvalue weighted by molar-refractivity contribution is -0.118. The van der Waals surface area contributed by atoms with Crippen LogP contribution in [0.1, 0.15) is 0 Å². The molecule has 3 aromatic carbocycles. The molecule has 25 heavy (non-hydrogen) atoms. The van der Waals surface area contributed by atoms with Crippen molar-refractivity contribution < 1.29 is 9.53 Å². The predicted molar refractivity (Wildman–Crippen MR) is 103 cm³/mol. The first-order chi connectivity index (χ1) is 12.2. The number of rotatable bonds is 4. The van der Waals surface area contributed by atoms with E-state index in [-0.39, 0.29) is 12.5 Å². The minimum Gasteiger partial charge on any atom is -0.482 e. The standard InChI is InChI=1S/C19H13ClN2O2S/c20-14-7-3-4-8-15(14)24-11-17(23)21-19-22-18-13-6-2-1-5-12(13)9-10-16(18)25-19/h1-10H,11H2,(H,21,22,23). The van der Waals surface area contributed by atoms with Crippen LogP contribution in [0, 0.1) is 0 Å². The Labute approximate surface area is 153 Å². The van der Waals surface area contributed by atoms with Crippen molar-refractivity contribution in [3.8, 4) is 5.75 Å². The molecule has 0 aliphatic carbocycles. The zero-order valence-electron chi connectivity index (χ0n) is 13.0. The van der Waals surface area contributed by atoms with E-state index in [0.29, 0.717) is 15.9 Å². The van der Waals surface area contributed by atoms with E-state index < -0.39 is 0 Å². The van der Waals surface area contributed by atoms with Crippen LogP contribution in [-0.2, 0) is 4.79 Å². The van der Waals surface area contributed by atoms with Gasteiger partial charge in [-0.3, -0.25) is 10.1 Å². The zero-order valence-corrected chi connectivity index (χ0v) is 14.6. The summed E-state index contributed by atoms with van der Waals surface area (Å²) < 4.78 is 6.48. The number of thiazole rings is 1. The Bertz CT molecular complexity index is 1080. The van der Waals surface area contributed by atoms with Gasteiger partial charge in [-0.15, -0.1) is 0 Å². The number of amides is 1. The first-order valence-corrected chi connectivity index (χ1v) is 8.85. The van der Waals surface area contributed by atoms with E-state index in [4.69, 9.17) is 16.3 Å². The van der Waals surface area contributed by atoms with Gasteiger partial charge < -0.3 is 4.74 Å². The average molecular weight is 369 g/mol. The molecule has 0 atom stereocenters. The van der Waals surface area contributed by atoms with Gasteiger partial charge in [0.25, 0.3) is 5.91 Å². The van der Waals surface area contributed by atoms with E-state index >= 15 is 0 Å². The van der Waals surface area contributed by atoms with Gasteiger partial charge in [0.05, 0.1) is 15.2 Å². The summed E-state index contributed by atoms with van der Waals surface area (Å²) in [5.74, 6) is 0.206. The lowest BCUT2D eigenvalue weighted by atomic mass is 10.1. The highest BCUT2D eigenvalue weighted by Gasteiger charge is 2.11. The minimum absolute atomic E-state index is 0.125. The highest BCUT2D eigenvalue weighted by atomic mass is 35.5. The van der Waals surface area contributed by atoms with Crippen LogP contribution in [0.5, 0.6) is 5.75 Å². The van der Waals surface area contributed by atoms with Gasteiger partial charge in [0.1, 0.15) is 5.75 Å². The summed E-state index contributed by atoms with van der Waals surface area (Å²) in [4.78, 5) is 16.7. The second-order valence-electron chi connectivity index (χ2n) is 5.42. The zero-order chi connectivity index (χ0) is 17.2. The molecule has 4 aromatic rings. The molecule has 1 aromatic heterocycles. The Morgan fingerprint density at radius 3 is 2.76 bits per heavy atom. The van der Waals surface area contributed by atoms with Crippen molar-refractivity contribution in [2.75, 3.05) is 11.9 Å². The Morgan fingerprint density at radius 1 is 1.08 bits per heavy atom. The van der Waals surface area contributed by atoms with Crippen molar-refractivity contribution in [2.45, 2.75) is 0 Å². The van der Waals surface area contributed by atoms with Crippen LogP contribution < -0.4 is 10.1 Å². The smallest absolute Gasteiger partial charge is 0.264 e. The van der Waals surface area contributed by atoms with Gasteiger partial charge in [-0.25, -0.2) is 4.98 Å². The molecule has 4 rings (SSSR count). The van der Waals surface area contributed by atoms with E-state index in [9.17, 15) is 4.79 Å². The van der Waals surface area contributed by atoms with E-state index in [1.54, 1.807) is 24.3 Å². The number of carbonyl (C=O) groups excluding carboxylic acids is 1. The molecule has 0 saturated carbocycles. The molecule has 0 fully saturated rings. The predicted octanol–water partition coefficient (Wildman–Crippen LogP) is 5.12. The first-order valence-electron chi connectivity index (χ1n) is 7.66. The van der Waals surface area contributed by atoms with Crippen LogP contribution in [0.2, 0.25) is 5.02 Å². The molecule has 0 spiro atoms. The Balaban J connectivity index is 1.51. The number of benzene rings is 3. The maximum absolute atomic E-state index is 12.1. The fourth-order valence-electron chi connectivity index (χ4n) is 2.58. The topological polar surface area (TPSA) is 51.2 Å². The highest BCUT2D eigenvalue weighted by Crippen LogP contribution is 2.31. The molecule has 1 amide bonds. The lowest BCUT2D eigenvalue weighted by Gasteiger charge is -2.06. The quantitative estimate of drug-likeness (QED) is 0.544. The molecule has 1 N–H and O–H groups in total. The summed E-state index contributed by atoms with van der Waals surface area (Å²) >= 11 is 7.45. The molecule has 0 aliphatic heterocycles. The van der Waals surface area contributed by atoms with Crippen LogP contribution >= 0.6 is 22.9 Å². The number of ether oxygens (including phenoxy) is 1. The van der Waals surface area contributed by atoms with Gasteiger partial charge >= 0.3 is 0 Å². The number of hydrogen-bond acceptors (Lipinski definition) is 4. The normalized spacial score (nSPS) is 10.9. The fourth-order valence-corrected chi connectivity index (χ4v) is 3.66. The maximum Gasteiger partial charge on any atom is 0.264 e. The number of nitrogens with one attached hydrogen (secondary N) is 1. The van der Waals surface area contributed by atoms with Crippen molar-refractivity contribution in [3.63, 3.8) is 0 Å². The van der Waals surface area contributed by atoms with Crippen LogP contribution in [0.15, 0.2) is 60.7 Å². The van der Waals surface area contributed by atoms with Crippen LogP contribution in [0.4, 0.5) is 5.13 Å². The summed E-state index contributed by atoms with van der Waals surface area (Å²) in [5.41, 5.74) is 0.894. The monoisotopic (exact) mass is 368 g/mol. The van der Waals surface area contributed by atoms with Crippen LogP contribution in [0.3, 0.4) is 0 Å². The molecular formula is C19H13ClN2O2S. The number of nitrogens with zero attached hydrogens (tertiary/aromatic N) is 1. The van der Waals surface area contributed by atoms with Gasteiger partial charge in [0, 0.05) is 5.39 Å². The Morgan fingerprint density at radius 2 is 1.88 bits per heavy atom. The van der Waals surface area contributed by atoms with Gasteiger partial charge in [-0.05, 0) is 23.6 Å². The van der Waals surface area contributed by atoms with Crippen molar-refractivity contribution in [2.24, 2.45) is 0 Å². The third-order valence-electron chi connectivity index (χ3n) is 3.73. The number of fused-ring (bicyclic) bond motifs is 3. The first kappa shape index (κ1) is 15.9. The van der Waals surface area contributed by atoms with Crippen molar-refractivity contribution in [1.29, 1.82) is 0 Å². The second kappa shape index (κ2) is 6.70. The number of para-hydroxylation sites is 1. The highest BCUT2D eigenvalue weighted by molar-refractivity contribution is 7.22. The summed E-state index contributed by atoms with van der Waals surface area (Å²) in [7, 11) is 0. The molecule has 0 bridgehead atoms. The summed E-state index contributed by atoms with van der Waals surface area (Å²) in [5, 5.41) is 6.01. The summed E-state index contributed by atoms with van der Waals surface area (Å²) in [6, 6.07) is 19.2. The molecule has 4 nitrogen and oxygen atoms in total. The second-order valence-corrected chi connectivity index (χ2v) is 6.86. The van der Waals surface area contributed by atoms with Gasteiger partial charge in [0.2, 0.25) is 0 Å². The van der Waals surface area contributed by atoms with E-state index in [1.165, 1.54) is 11.3 Å². The van der Waals surface area contributed by atoms with Crippen LogP contribution in [0.25, 0.3) is 21.0 Å². The molecule has 0 aliphatic rings. The third kappa shape index (κ3) is 3.29. The van der Waals surface area contributed by atoms with Crippen molar-refractivity contribution in [3.05, 3.63) is 65.7 Å². The number of anilines is 1. The van der Waals surface area contributed by atoms with E-state index in [2.05, 4.69) is 16.4 Å². The fraction of sp³-hybridized carbons (Fsp3) is 0.0526. The van der Waals surface area contributed by atoms with E-state index in [0.717, 1.165) is 21.0 Å². The van der Waals surface area contributed by atoms with E-state index in [1.807, 2.05) is 30.3 Å². The summed E-state index contributed by atoms with van der Waals surface area (Å²) in [6.07, 6.45) is 0. The number of halogens is 1. The number of carbonyl (C=O) groups is 1. The molecule has 0 saturated heterocycles. The summed E-state index contributed by atoms with van der Waals surface area (Å²) in [6.45, 7) is -0.125. The van der Waals surface area contributed by atoms with Gasteiger partial charge in [-0.2, -0.15) is 0 Å². The SMILES string of the molecule is O=C(COc1ccccc1Cl)Nc1nc2c(ccc3ccccc32)s1. The largest absolute Gasteiger partial charge is 0.482 e. The molecule has 0 radical (unpaired) electrons. The van der Waals surface area contributed by atoms with Crippen molar-refractivity contribution >= 4 is 55.0 Å². The minimum atomic E-state index is -0.275. The number of aromatic nitrogens is 1. The maximum atomic E-state index is 12.1. The van der Waals surface area contributed by atoms with Gasteiger partial charge in [0.15, 0.2) is 11.7 Å².